The van der Waals surface area contributed by atoms with E-state index in [4.69, 9.17) is 30.2 Å². The zero-order valence-electron chi connectivity index (χ0n) is 27.4. The molecular weight excluding hydrogens is 665 g/mol. The van der Waals surface area contributed by atoms with E-state index >= 15 is 0 Å². The first kappa shape index (κ1) is 37.5. The maximum atomic E-state index is 14.2. The summed E-state index contributed by atoms with van der Waals surface area (Å²) < 4.78 is 56.0. The third-order valence-corrected chi connectivity index (χ3v) is 10.1. The van der Waals surface area contributed by atoms with Crippen molar-refractivity contribution in [3.05, 3.63) is 70.7 Å². The standard InChI is InChI=1S/C34H44F4N6O2S2/c1-5-18(3)26(29(39)47)42-31(46)33(15-14-25-22(16-33)21-11-9-12-23(28(21)41-25)34(36,37)38)44-30(45)27(19(4)6-2)43-32(48)40-17-20-10-7-8-13-24(20)35/h7-13,18-19,26-27,31,41-42,46H,5-6,14-17H2,1-4H3,(H2,39,47)(H,44,45)(H2,40,43,48)/t18-,19-,26-,27-,31?,33+/m0/s1. The number of aliphatic hydroxyl groups is 1. The first-order chi connectivity index (χ1) is 22.6. The number of H-pyrrole nitrogens is 1. The Morgan fingerprint density at radius 3 is 2.35 bits per heavy atom. The number of nitrogens with two attached hydrogens (primary N) is 1. The van der Waals surface area contributed by atoms with Crippen molar-refractivity contribution in [2.45, 2.75) is 96.4 Å². The number of halogens is 4. The van der Waals surface area contributed by atoms with Crippen molar-refractivity contribution < 1.29 is 27.5 Å². The summed E-state index contributed by atoms with van der Waals surface area (Å²) in [5.41, 5.74) is 5.48. The molecule has 6 atom stereocenters. The molecule has 1 aliphatic rings. The van der Waals surface area contributed by atoms with Crippen LogP contribution in [-0.4, -0.2) is 49.9 Å². The SMILES string of the molecule is CC[C@H](C)[C@H](NC(=S)NCc1ccccc1F)C(=O)N[C@]1(C(O)N[C@H](C(N)=S)[C@@H](C)CC)CCc2[nH]c3c(C(F)(F)F)cccc3c2C1. The number of amides is 1. The van der Waals surface area contributed by atoms with Gasteiger partial charge >= 0.3 is 6.18 Å². The van der Waals surface area contributed by atoms with E-state index in [-0.39, 0.29) is 53.3 Å². The average molecular weight is 709 g/mol. The van der Waals surface area contributed by atoms with Crippen LogP contribution >= 0.6 is 24.4 Å². The van der Waals surface area contributed by atoms with E-state index in [0.717, 1.165) is 6.07 Å². The Hall–Kier alpha value is -3.33. The smallest absolute Gasteiger partial charge is 0.392 e. The maximum Gasteiger partial charge on any atom is 0.418 e. The van der Waals surface area contributed by atoms with E-state index < -0.39 is 47.3 Å². The van der Waals surface area contributed by atoms with Crippen LogP contribution in [-0.2, 0) is 30.4 Å². The number of fused-ring (bicyclic) bond motifs is 3. The van der Waals surface area contributed by atoms with E-state index in [1.165, 1.54) is 12.1 Å². The monoisotopic (exact) mass is 708 g/mol. The topological polar surface area (TPSA) is 127 Å². The molecule has 1 aliphatic carbocycles. The molecule has 0 fully saturated rings. The summed E-state index contributed by atoms with van der Waals surface area (Å²) in [7, 11) is 0. The Kier molecular flexibility index (Phi) is 12.1. The van der Waals surface area contributed by atoms with Crippen LogP contribution in [0, 0.1) is 17.7 Å². The van der Waals surface area contributed by atoms with Gasteiger partial charge in [-0.05, 0) is 54.6 Å². The molecule has 4 rings (SSSR count). The fourth-order valence-electron chi connectivity index (χ4n) is 6.27. The molecule has 3 aromatic rings. The second-order valence-corrected chi connectivity index (χ2v) is 13.6. The Morgan fingerprint density at radius 2 is 1.73 bits per heavy atom. The molecule has 262 valence electrons. The summed E-state index contributed by atoms with van der Waals surface area (Å²) >= 11 is 10.8. The lowest BCUT2D eigenvalue weighted by Crippen LogP contribution is -2.69. The van der Waals surface area contributed by atoms with Crippen LogP contribution in [0.2, 0.25) is 0 Å². The minimum atomic E-state index is -4.58. The molecule has 0 radical (unpaired) electrons. The van der Waals surface area contributed by atoms with Gasteiger partial charge in [-0.2, -0.15) is 13.2 Å². The largest absolute Gasteiger partial charge is 0.418 e. The molecule has 48 heavy (non-hydrogen) atoms. The fraction of sp³-hybridized carbons (Fsp3) is 0.500. The van der Waals surface area contributed by atoms with Gasteiger partial charge in [-0.25, -0.2) is 4.39 Å². The second-order valence-electron chi connectivity index (χ2n) is 12.7. The van der Waals surface area contributed by atoms with Crippen LogP contribution in [0.5, 0.6) is 0 Å². The van der Waals surface area contributed by atoms with Gasteiger partial charge in [0.1, 0.15) is 18.1 Å². The van der Waals surface area contributed by atoms with Gasteiger partial charge in [0.05, 0.1) is 27.6 Å². The number of hydrogen-bond acceptors (Lipinski definition) is 5. The summed E-state index contributed by atoms with van der Waals surface area (Å²) in [6.07, 6.45) is -4.18. The molecule has 1 amide bonds. The van der Waals surface area contributed by atoms with E-state index in [0.29, 0.717) is 35.0 Å². The molecule has 1 heterocycles. The molecule has 0 aliphatic heterocycles. The third-order valence-electron chi connectivity index (χ3n) is 9.58. The van der Waals surface area contributed by atoms with Gasteiger partial charge in [0.15, 0.2) is 5.11 Å². The highest BCUT2D eigenvalue weighted by Crippen LogP contribution is 2.40. The van der Waals surface area contributed by atoms with Crippen LogP contribution in [0.3, 0.4) is 0 Å². The lowest BCUT2D eigenvalue weighted by molar-refractivity contribution is -0.136. The number of hydrogen-bond donors (Lipinski definition) is 7. The highest BCUT2D eigenvalue weighted by molar-refractivity contribution is 7.80. The summed E-state index contributed by atoms with van der Waals surface area (Å²) in [6, 6.07) is 8.82. The lowest BCUT2D eigenvalue weighted by Gasteiger charge is -2.44. The zero-order chi connectivity index (χ0) is 35.4. The summed E-state index contributed by atoms with van der Waals surface area (Å²) in [5, 5.41) is 24.7. The van der Waals surface area contributed by atoms with Crippen LogP contribution < -0.4 is 27.0 Å². The number of aromatic amines is 1. The predicted molar refractivity (Wildman–Crippen MR) is 188 cm³/mol. The average Bonchev–Trinajstić information content (AvgIpc) is 3.41. The molecule has 8 nitrogen and oxygen atoms in total. The Labute approximate surface area is 289 Å². The van der Waals surface area contributed by atoms with Gasteiger partial charge in [-0.15, -0.1) is 0 Å². The van der Waals surface area contributed by atoms with E-state index in [2.05, 4.69) is 26.3 Å². The number of benzene rings is 2. The van der Waals surface area contributed by atoms with Crippen molar-refractivity contribution in [3.63, 3.8) is 0 Å². The summed E-state index contributed by atoms with van der Waals surface area (Å²) in [5.74, 6) is -1.14. The van der Waals surface area contributed by atoms with Crippen LogP contribution in [0.1, 0.15) is 69.3 Å². The van der Waals surface area contributed by atoms with Gasteiger partial charge in [0.25, 0.3) is 0 Å². The van der Waals surface area contributed by atoms with E-state index in [9.17, 15) is 27.5 Å². The van der Waals surface area contributed by atoms with Crippen LogP contribution in [0.25, 0.3) is 10.9 Å². The highest BCUT2D eigenvalue weighted by atomic mass is 32.1. The molecule has 1 unspecified atom stereocenters. The number of carbonyl (C=O) groups excluding carboxylic acids is 1. The number of rotatable bonds is 13. The van der Waals surface area contributed by atoms with Crippen LogP contribution in [0.4, 0.5) is 17.6 Å². The van der Waals surface area contributed by atoms with Crippen molar-refractivity contribution in [1.29, 1.82) is 0 Å². The quantitative estimate of drug-likeness (QED) is 0.0720. The normalized spacial score (nSPS) is 19.4. The van der Waals surface area contributed by atoms with Crippen LogP contribution in [0.15, 0.2) is 42.5 Å². The molecule has 0 spiro atoms. The third kappa shape index (κ3) is 8.27. The van der Waals surface area contributed by atoms with E-state index in [1.54, 1.807) is 24.3 Å². The number of thiocarbonyl (C=S) groups is 2. The van der Waals surface area contributed by atoms with Crippen molar-refractivity contribution in [2.24, 2.45) is 17.6 Å². The number of aliphatic hydroxyl groups excluding tert-OH is 1. The molecule has 2 aromatic carbocycles. The second kappa shape index (κ2) is 15.5. The maximum absolute atomic E-state index is 14.2. The number of nitrogens with one attached hydrogen (secondary N) is 5. The minimum Gasteiger partial charge on any atom is -0.392 e. The molecule has 14 heteroatoms. The Bertz CT molecular complexity index is 1630. The van der Waals surface area contributed by atoms with Crippen molar-refractivity contribution in [1.82, 2.24) is 26.3 Å². The summed E-state index contributed by atoms with van der Waals surface area (Å²) in [6.45, 7) is 7.79. The molecule has 0 saturated heterocycles. The van der Waals surface area contributed by atoms with Crippen molar-refractivity contribution in [2.75, 3.05) is 0 Å². The number of aromatic nitrogens is 1. The van der Waals surface area contributed by atoms with Gasteiger partial charge < -0.3 is 31.8 Å². The number of alkyl halides is 3. The molecule has 0 saturated carbocycles. The highest BCUT2D eigenvalue weighted by Gasteiger charge is 2.46. The van der Waals surface area contributed by atoms with E-state index in [1.807, 2.05) is 27.7 Å². The minimum absolute atomic E-state index is 0.0251. The van der Waals surface area contributed by atoms with Gasteiger partial charge in [0, 0.05) is 29.6 Å². The Balaban J connectivity index is 1.68. The number of aryl methyl sites for hydroxylation is 1. The predicted octanol–water partition coefficient (Wildman–Crippen LogP) is 5.36. The molecule has 8 N–H and O–H groups in total. The lowest BCUT2D eigenvalue weighted by atomic mass is 9.77. The number of carbonyl (C=O) groups is 1. The molecule has 1 aromatic heterocycles. The summed E-state index contributed by atoms with van der Waals surface area (Å²) in [4.78, 5) is 17.3. The molecular formula is C34H44F4N6O2S2. The van der Waals surface area contributed by atoms with Crippen molar-refractivity contribution >= 4 is 51.3 Å². The van der Waals surface area contributed by atoms with Gasteiger partial charge in [-0.1, -0.05) is 83.1 Å². The van der Waals surface area contributed by atoms with Gasteiger partial charge in [-0.3, -0.25) is 10.1 Å². The number of para-hydroxylation sites is 1. The first-order valence-corrected chi connectivity index (χ1v) is 17.0. The Morgan fingerprint density at radius 1 is 1.06 bits per heavy atom. The molecule has 0 bridgehead atoms. The zero-order valence-corrected chi connectivity index (χ0v) is 29.1. The van der Waals surface area contributed by atoms with Gasteiger partial charge in [0.2, 0.25) is 5.91 Å². The fourth-order valence-corrected chi connectivity index (χ4v) is 6.77. The van der Waals surface area contributed by atoms with Crippen molar-refractivity contribution in [3.8, 4) is 0 Å². The first-order valence-electron chi connectivity index (χ1n) is 16.1.